The first-order valence-corrected chi connectivity index (χ1v) is 7.68. The van der Waals surface area contributed by atoms with E-state index in [1.54, 1.807) is 23.7 Å². The number of hydrogen-bond donors (Lipinski definition) is 1. The Morgan fingerprint density at radius 2 is 2.24 bits per heavy atom. The summed E-state index contributed by atoms with van der Waals surface area (Å²) in [6.45, 7) is 5.00. The van der Waals surface area contributed by atoms with E-state index in [-0.39, 0.29) is 0 Å². The van der Waals surface area contributed by atoms with E-state index in [1.165, 1.54) is 4.88 Å². The standard InChI is InChI=1S/C15H16N4OS/c1-3-6-17-15-18-13(20-11-5-4-7-16-9-11)12-8-10(2)21-14(12)19-15/h4-5,7-9H,3,6H2,1-2H3,(H,17,18,19). The molecule has 21 heavy (non-hydrogen) atoms. The maximum atomic E-state index is 5.88. The lowest BCUT2D eigenvalue weighted by molar-refractivity contribution is 0.467. The number of anilines is 1. The molecule has 108 valence electrons. The van der Waals surface area contributed by atoms with Gasteiger partial charge >= 0.3 is 0 Å². The molecule has 0 aliphatic carbocycles. The van der Waals surface area contributed by atoms with Gasteiger partial charge in [-0.2, -0.15) is 4.98 Å². The van der Waals surface area contributed by atoms with Crippen molar-refractivity contribution in [3.05, 3.63) is 35.5 Å². The number of aromatic nitrogens is 3. The third kappa shape index (κ3) is 3.11. The summed E-state index contributed by atoms with van der Waals surface area (Å²) in [4.78, 5) is 15.2. The molecule has 6 heteroatoms. The molecule has 5 nitrogen and oxygen atoms in total. The molecule has 0 bridgehead atoms. The Hall–Kier alpha value is -2.21. The highest BCUT2D eigenvalue weighted by atomic mass is 32.1. The van der Waals surface area contributed by atoms with Gasteiger partial charge in [0.25, 0.3) is 0 Å². The number of ether oxygens (including phenoxy) is 1. The molecule has 0 saturated carbocycles. The van der Waals surface area contributed by atoms with Gasteiger partial charge in [0.15, 0.2) is 0 Å². The topological polar surface area (TPSA) is 59.9 Å². The molecule has 0 amide bonds. The molecule has 3 aromatic heterocycles. The number of rotatable bonds is 5. The zero-order valence-corrected chi connectivity index (χ0v) is 12.8. The van der Waals surface area contributed by atoms with Crippen molar-refractivity contribution in [2.45, 2.75) is 20.3 Å². The molecule has 0 radical (unpaired) electrons. The van der Waals surface area contributed by atoms with Gasteiger partial charge in [0.1, 0.15) is 10.6 Å². The van der Waals surface area contributed by atoms with Crippen LogP contribution in [0.2, 0.25) is 0 Å². The van der Waals surface area contributed by atoms with E-state index in [9.17, 15) is 0 Å². The highest BCUT2D eigenvalue weighted by Crippen LogP contribution is 2.33. The van der Waals surface area contributed by atoms with Gasteiger partial charge in [0.05, 0.1) is 11.6 Å². The van der Waals surface area contributed by atoms with Crippen molar-refractivity contribution < 1.29 is 4.74 Å². The van der Waals surface area contributed by atoms with Gasteiger partial charge in [0.2, 0.25) is 11.8 Å². The molecule has 0 aliphatic rings. The van der Waals surface area contributed by atoms with Gasteiger partial charge in [-0.3, -0.25) is 4.98 Å². The molecule has 0 fully saturated rings. The lowest BCUT2D eigenvalue weighted by atomic mass is 10.3. The molecule has 0 aromatic carbocycles. The predicted molar refractivity (Wildman–Crippen MR) is 85.2 cm³/mol. The van der Waals surface area contributed by atoms with Gasteiger partial charge in [0, 0.05) is 17.6 Å². The maximum Gasteiger partial charge on any atom is 0.232 e. The molecule has 0 unspecified atom stereocenters. The van der Waals surface area contributed by atoms with E-state index < -0.39 is 0 Å². The van der Waals surface area contributed by atoms with E-state index in [0.717, 1.165) is 23.2 Å². The smallest absolute Gasteiger partial charge is 0.232 e. The number of aryl methyl sites for hydroxylation is 1. The van der Waals surface area contributed by atoms with Crippen molar-refractivity contribution in [3.8, 4) is 11.6 Å². The Labute approximate surface area is 127 Å². The summed E-state index contributed by atoms with van der Waals surface area (Å²) >= 11 is 1.64. The zero-order chi connectivity index (χ0) is 14.7. The number of thiophene rings is 1. The van der Waals surface area contributed by atoms with Gasteiger partial charge in [-0.05, 0) is 31.5 Å². The Morgan fingerprint density at radius 3 is 3.00 bits per heavy atom. The van der Waals surface area contributed by atoms with E-state index >= 15 is 0 Å². The van der Waals surface area contributed by atoms with Crippen LogP contribution in [0.1, 0.15) is 18.2 Å². The number of pyridine rings is 1. The largest absolute Gasteiger partial charge is 0.437 e. The van der Waals surface area contributed by atoms with Crippen LogP contribution in [-0.2, 0) is 0 Å². The van der Waals surface area contributed by atoms with E-state index in [1.807, 2.05) is 12.1 Å². The van der Waals surface area contributed by atoms with Crippen molar-refractivity contribution in [2.24, 2.45) is 0 Å². The SMILES string of the molecule is CCCNc1nc(Oc2cccnc2)c2cc(C)sc2n1. The van der Waals surface area contributed by atoms with Crippen LogP contribution in [0.15, 0.2) is 30.6 Å². The Bertz CT molecular complexity index is 742. The summed E-state index contributed by atoms with van der Waals surface area (Å²) in [5, 5.41) is 4.14. The fourth-order valence-corrected chi connectivity index (χ4v) is 2.80. The summed E-state index contributed by atoms with van der Waals surface area (Å²) in [5.41, 5.74) is 0. The number of hydrogen-bond acceptors (Lipinski definition) is 6. The molecule has 3 aromatic rings. The minimum atomic E-state index is 0.566. The molecular formula is C15H16N4OS. The van der Waals surface area contributed by atoms with Crippen molar-refractivity contribution in [1.82, 2.24) is 15.0 Å². The predicted octanol–water partition coefficient (Wildman–Crippen LogP) is 4.01. The molecule has 0 aliphatic heterocycles. The number of fused-ring (bicyclic) bond motifs is 1. The number of nitrogens with one attached hydrogen (secondary N) is 1. The fourth-order valence-electron chi connectivity index (χ4n) is 1.93. The molecule has 3 rings (SSSR count). The second-order valence-electron chi connectivity index (χ2n) is 4.65. The highest BCUT2D eigenvalue weighted by Gasteiger charge is 2.12. The highest BCUT2D eigenvalue weighted by molar-refractivity contribution is 7.18. The van der Waals surface area contributed by atoms with Gasteiger partial charge in [-0.25, -0.2) is 4.98 Å². The van der Waals surface area contributed by atoms with Crippen LogP contribution in [0.5, 0.6) is 11.6 Å². The summed E-state index contributed by atoms with van der Waals surface area (Å²) < 4.78 is 5.88. The average molecular weight is 300 g/mol. The van der Waals surface area contributed by atoms with E-state index in [0.29, 0.717) is 17.6 Å². The number of nitrogens with zero attached hydrogens (tertiary/aromatic N) is 3. The first kappa shape index (κ1) is 13.8. The maximum absolute atomic E-state index is 5.88. The van der Waals surface area contributed by atoms with Crippen LogP contribution < -0.4 is 10.1 Å². The molecular weight excluding hydrogens is 284 g/mol. The zero-order valence-electron chi connectivity index (χ0n) is 12.0. The van der Waals surface area contributed by atoms with Gasteiger partial charge in [-0.15, -0.1) is 11.3 Å². The third-order valence-corrected chi connectivity index (χ3v) is 3.81. The summed E-state index contributed by atoms with van der Waals surface area (Å²) in [6, 6.07) is 5.75. The summed E-state index contributed by atoms with van der Waals surface area (Å²) in [6.07, 6.45) is 4.40. The second kappa shape index (κ2) is 6.05. The first-order valence-electron chi connectivity index (χ1n) is 6.86. The van der Waals surface area contributed by atoms with Gasteiger partial charge < -0.3 is 10.1 Å². The minimum absolute atomic E-state index is 0.566. The van der Waals surface area contributed by atoms with Crippen LogP contribution >= 0.6 is 11.3 Å². The molecule has 1 N–H and O–H groups in total. The first-order chi connectivity index (χ1) is 10.3. The van der Waals surface area contributed by atoms with Crippen LogP contribution in [0.4, 0.5) is 5.95 Å². The van der Waals surface area contributed by atoms with Crippen molar-refractivity contribution in [1.29, 1.82) is 0 Å². The molecule has 0 atom stereocenters. The summed E-state index contributed by atoms with van der Waals surface area (Å²) in [5.74, 6) is 1.84. The normalized spacial score (nSPS) is 10.8. The van der Waals surface area contributed by atoms with Crippen molar-refractivity contribution in [3.63, 3.8) is 0 Å². The quantitative estimate of drug-likeness (QED) is 0.771. The van der Waals surface area contributed by atoms with Crippen LogP contribution in [0.25, 0.3) is 10.2 Å². The Kier molecular flexibility index (Phi) is 3.96. The summed E-state index contributed by atoms with van der Waals surface area (Å²) in [7, 11) is 0. The molecule has 0 spiro atoms. The third-order valence-electron chi connectivity index (χ3n) is 2.86. The van der Waals surface area contributed by atoms with E-state index in [2.05, 4.69) is 40.2 Å². The second-order valence-corrected chi connectivity index (χ2v) is 5.88. The molecule has 0 saturated heterocycles. The van der Waals surface area contributed by atoms with Crippen molar-refractivity contribution >= 4 is 27.5 Å². The fraction of sp³-hybridized carbons (Fsp3) is 0.267. The Morgan fingerprint density at radius 1 is 1.33 bits per heavy atom. The monoisotopic (exact) mass is 300 g/mol. The van der Waals surface area contributed by atoms with Crippen LogP contribution in [0, 0.1) is 6.92 Å². The molecule has 3 heterocycles. The minimum Gasteiger partial charge on any atom is -0.437 e. The van der Waals surface area contributed by atoms with Crippen molar-refractivity contribution in [2.75, 3.05) is 11.9 Å². The lowest BCUT2D eigenvalue weighted by Crippen LogP contribution is -2.04. The lowest BCUT2D eigenvalue weighted by Gasteiger charge is -2.08. The van der Waals surface area contributed by atoms with Crippen LogP contribution in [-0.4, -0.2) is 21.5 Å². The van der Waals surface area contributed by atoms with Gasteiger partial charge in [-0.1, -0.05) is 6.92 Å². The van der Waals surface area contributed by atoms with E-state index in [4.69, 9.17) is 4.74 Å². The average Bonchev–Trinajstić information content (AvgIpc) is 2.87. The van der Waals surface area contributed by atoms with Crippen LogP contribution in [0.3, 0.4) is 0 Å². The Balaban J connectivity index is 2.01.